The topological polar surface area (TPSA) is 77.5 Å². The molecule has 0 atom stereocenters. The third-order valence-corrected chi connectivity index (χ3v) is 4.85. The number of benzene rings is 2. The number of amides is 1. The minimum atomic E-state index is -0.508. The number of methoxy groups -OCH3 is 1. The first-order valence-corrected chi connectivity index (χ1v) is 9.60. The van der Waals surface area contributed by atoms with E-state index in [2.05, 4.69) is 10.3 Å². The molecule has 2 aromatic carbocycles. The fourth-order valence-electron chi connectivity index (χ4n) is 2.41. The van der Waals surface area contributed by atoms with Crippen LogP contribution in [0.3, 0.4) is 0 Å². The predicted molar refractivity (Wildman–Crippen MR) is 108 cm³/mol. The maximum absolute atomic E-state index is 12.3. The molecule has 28 heavy (non-hydrogen) atoms. The first-order valence-electron chi connectivity index (χ1n) is 8.34. The summed E-state index contributed by atoms with van der Waals surface area (Å²) in [6.07, 6.45) is 0.0902. The lowest BCUT2D eigenvalue weighted by Gasteiger charge is -2.08. The summed E-state index contributed by atoms with van der Waals surface area (Å²) in [6.45, 7) is 0.305. The van der Waals surface area contributed by atoms with Crippen LogP contribution in [-0.2, 0) is 22.6 Å². The van der Waals surface area contributed by atoms with E-state index in [1.807, 2.05) is 5.38 Å². The Hall–Kier alpha value is -2.90. The number of anilines is 1. The van der Waals surface area contributed by atoms with E-state index < -0.39 is 5.97 Å². The molecular weight excluding hydrogens is 400 g/mol. The highest BCUT2D eigenvalue weighted by atomic mass is 35.5. The van der Waals surface area contributed by atoms with Crippen molar-refractivity contribution in [1.82, 2.24) is 4.98 Å². The van der Waals surface area contributed by atoms with E-state index >= 15 is 0 Å². The first kappa shape index (κ1) is 19.9. The van der Waals surface area contributed by atoms with Gasteiger partial charge in [0.05, 0.1) is 30.5 Å². The van der Waals surface area contributed by atoms with E-state index in [0.29, 0.717) is 34.3 Å². The van der Waals surface area contributed by atoms with Crippen LogP contribution in [0.5, 0.6) is 5.75 Å². The normalized spacial score (nSPS) is 10.4. The van der Waals surface area contributed by atoms with Gasteiger partial charge in [0, 0.05) is 10.4 Å². The predicted octanol–water partition coefficient (Wildman–Crippen LogP) is 4.34. The van der Waals surface area contributed by atoms with Crippen molar-refractivity contribution < 1.29 is 19.1 Å². The Bertz CT molecular complexity index is 972. The average Bonchev–Trinajstić information content (AvgIpc) is 3.14. The first-order chi connectivity index (χ1) is 13.5. The molecule has 0 aliphatic heterocycles. The van der Waals surface area contributed by atoms with E-state index in [1.165, 1.54) is 18.4 Å². The van der Waals surface area contributed by atoms with Gasteiger partial charge in [-0.25, -0.2) is 9.78 Å². The second-order valence-corrected chi connectivity index (χ2v) is 7.12. The summed E-state index contributed by atoms with van der Waals surface area (Å²) in [6, 6.07) is 13.7. The lowest BCUT2D eigenvalue weighted by molar-refractivity contribution is -0.115. The minimum absolute atomic E-state index is 0.0902. The highest BCUT2D eigenvalue weighted by molar-refractivity contribution is 7.09. The Morgan fingerprint density at radius 1 is 1.14 bits per heavy atom. The molecule has 1 aromatic heterocycles. The summed E-state index contributed by atoms with van der Waals surface area (Å²) in [4.78, 5) is 28.5. The summed E-state index contributed by atoms with van der Waals surface area (Å²) in [5, 5.41) is 5.94. The molecule has 0 saturated heterocycles. The third kappa shape index (κ3) is 5.31. The zero-order valence-electron chi connectivity index (χ0n) is 15.0. The van der Waals surface area contributed by atoms with E-state index in [1.54, 1.807) is 48.5 Å². The Kier molecular flexibility index (Phi) is 6.62. The summed E-state index contributed by atoms with van der Waals surface area (Å²) < 4.78 is 10.4. The van der Waals surface area contributed by atoms with Gasteiger partial charge in [-0.2, -0.15) is 0 Å². The Morgan fingerprint density at radius 3 is 2.64 bits per heavy atom. The summed E-state index contributed by atoms with van der Waals surface area (Å²) in [7, 11) is 1.30. The summed E-state index contributed by atoms with van der Waals surface area (Å²) in [5.74, 6) is -0.0867. The van der Waals surface area contributed by atoms with Gasteiger partial charge >= 0.3 is 5.97 Å². The fraction of sp³-hybridized carbons (Fsp3) is 0.150. The lowest BCUT2D eigenvalue weighted by Crippen LogP contribution is -2.17. The van der Waals surface area contributed by atoms with Crippen molar-refractivity contribution in [3.8, 4) is 5.75 Å². The number of thiazole rings is 1. The molecule has 0 unspecified atom stereocenters. The van der Waals surface area contributed by atoms with Crippen molar-refractivity contribution >= 4 is 40.5 Å². The Morgan fingerprint density at radius 2 is 1.89 bits per heavy atom. The molecule has 8 heteroatoms. The molecule has 0 spiro atoms. The number of aromatic nitrogens is 1. The summed E-state index contributed by atoms with van der Waals surface area (Å²) in [5.41, 5.74) is 1.34. The monoisotopic (exact) mass is 416 g/mol. The van der Waals surface area contributed by atoms with Crippen LogP contribution in [0.4, 0.5) is 5.69 Å². The Balaban J connectivity index is 1.57. The second-order valence-electron chi connectivity index (χ2n) is 5.74. The molecule has 0 saturated carbocycles. The van der Waals surface area contributed by atoms with E-state index in [9.17, 15) is 9.59 Å². The highest BCUT2D eigenvalue weighted by Gasteiger charge is 2.14. The number of rotatable bonds is 7. The number of hydrogen-bond donors (Lipinski definition) is 1. The molecule has 0 aliphatic carbocycles. The van der Waals surface area contributed by atoms with Crippen molar-refractivity contribution in [1.29, 1.82) is 0 Å². The molecule has 3 rings (SSSR count). The molecule has 6 nitrogen and oxygen atoms in total. The fourth-order valence-corrected chi connectivity index (χ4v) is 3.24. The lowest BCUT2D eigenvalue weighted by atomic mass is 10.1. The number of nitrogens with zero attached hydrogens (tertiary/aromatic N) is 1. The van der Waals surface area contributed by atoms with Gasteiger partial charge < -0.3 is 14.8 Å². The molecule has 1 N–H and O–H groups in total. The SMILES string of the molecule is COC(=O)c1ccccc1NC(=O)Cc1csc(COc2ccc(Cl)cc2)n1. The van der Waals surface area contributed by atoms with Gasteiger partial charge in [0.15, 0.2) is 0 Å². The zero-order chi connectivity index (χ0) is 19.9. The number of halogens is 1. The van der Waals surface area contributed by atoms with Crippen LogP contribution in [-0.4, -0.2) is 24.0 Å². The molecular formula is C20H17ClN2O4S. The third-order valence-electron chi connectivity index (χ3n) is 3.72. The molecule has 0 radical (unpaired) electrons. The van der Waals surface area contributed by atoms with Crippen LogP contribution in [0, 0.1) is 0 Å². The number of esters is 1. The van der Waals surface area contributed by atoms with Gasteiger partial charge in [0.25, 0.3) is 0 Å². The minimum Gasteiger partial charge on any atom is -0.486 e. The average molecular weight is 417 g/mol. The number of hydrogen-bond acceptors (Lipinski definition) is 6. The van der Waals surface area contributed by atoms with Crippen LogP contribution < -0.4 is 10.1 Å². The van der Waals surface area contributed by atoms with E-state index in [0.717, 1.165) is 5.01 Å². The van der Waals surface area contributed by atoms with Crippen LogP contribution in [0.1, 0.15) is 21.1 Å². The van der Waals surface area contributed by atoms with E-state index in [-0.39, 0.29) is 12.3 Å². The van der Waals surface area contributed by atoms with Gasteiger partial charge in [0.2, 0.25) is 5.91 Å². The van der Waals surface area contributed by atoms with Crippen LogP contribution >= 0.6 is 22.9 Å². The smallest absolute Gasteiger partial charge is 0.339 e. The molecule has 144 valence electrons. The Labute approximate surface area is 171 Å². The standard InChI is InChI=1S/C20H17ClN2O4S/c1-26-20(25)16-4-2-3-5-17(16)23-18(24)10-14-12-28-19(22-14)11-27-15-8-6-13(21)7-9-15/h2-9,12H,10-11H2,1H3,(H,23,24). The van der Waals surface area contributed by atoms with Crippen molar-refractivity contribution in [2.45, 2.75) is 13.0 Å². The van der Waals surface area contributed by atoms with Crippen molar-refractivity contribution in [3.63, 3.8) is 0 Å². The van der Waals surface area contributed by atoms with Gasteiger partial charge in [-0.1, -0.05) is 23.7 Å². The molecule has 1 amide bonds. The zero-order valence-corrected chi connectivity index (χ0v) is 16.5. The van der Waals surface area contributed by atoms with Crippen LogP contribution in [0.2, 0.25) is 5.02 Å². The number of para-hydroxylation sites is 1. The van der Waals surface area contributed by atoms with Gasteiger partial charge in [0.1, 0.15) is 17.4 Å². The molecule has 1 heterocycles. The van der Waals surface area contributed by atoms with Crippen molar-refractivity contribution in [2.24, 2.45) is 0 Å². The van der Waals surface area contributed by atoms with Crippen LogP contribution in [0.15, 0.2) is 53.9 Å². The van der Waals surface area contributed by atoms with Crippen molar-refractivity contribution in [3.05, 3.63) is 75.2 Å². The van der Waals surface area contributed by atoms with Gasteiger partial charge in [-0.3, -0.25) is 4.79 Å². The maximum Gasteiger partial charge on any atom is 0.339 e. The van der Waals surface area contributed by atoms with Gasteiger partial charge in [-0.05, 0) is 36.4 Å². The number of ether oxygens (including phenoxy) is 2. The molecule has 0 fully saturated rings. The quantitative estimate of drug-likeness (QED) is 0.579. The molecule has 0 aliphatic rings. The number of carbonyl (C=O) groups excluding carboxylic acids is 2. The van der Waals surface area contributed by atoms with Crippen LogP contribution in [0.25, 0.3) is 0 Å². The summed E-state index contributed by atoms with van der Waals surface area (Å²) >= 11 is 7.26. The highest BCUT2D eigenvalue weighted by Crippen LogP contribution is 2.19. The van der Waals surface area contributed by atoms with Gasteiger partial charge in [-0.15, -0.1) is 11.3 Å². The largest absolute Gasteiger partial charge is 0.486 e. The van der Waals surface area contributed by atoms with Crippen molar-refractivity contribution in [2.75, 3.05) is 12.4 Å². The number of carbonyl (C=O) groups is 2. The van der Waals surface area contributed by atoms with E-state index in [4.69, 9.17) is 21.1 Å². The number of nitrogens with one attached hydrogen (secondary N) is 1. The molecule has 3 aromatic rings. The maximum atomic E-state index is 12.3. The second kappa shape index (κ2) is 9.34. The molecule has 0 bridgehead atoms.